The quantitative estimate of drug-likeness (QED) is 0.574. The molecule has 2 aromatic carbocycles. The molecule has 2 rings (SSSR count). The highest BCUT2D eigenvalue weighted by Gasteiger charge is 2.10. The van der Waals surface area contributed by atoms with Crippen molar-refractivity contribution in [2.45, 2.75) is 6.61 Å². The van der Waals surface area contributed by atoms with Gasteiger partial charge in [-0.2, -0.15) is 4.39 Å². The Labute approximate surface area is 124 Å². The predicted molar refractivity (Wildman–Crippen MR) is 75.7 cm³/mol. The van der Waals surface area contributed by atoms with Crippen LogP contribution in [-0.2, 0) is 11.3 Å². The summed E-state index contributed by atoms with van der Waals surface area (Å²) in [5, 5.41) is 0. The lowest BCUT2D eigenvalue weighted by Crippen LogP contribution is -2.08. The normalized spacial score (nSPS) is 10.6. The van der Waals surface area contributed by atoms with E-state index in [-0.39, 0.29) is 12.4 Å². The molecule has 0 amide bonds. The number of benzene rings is 2. The molecule has 0 saturated carbocycles. The second kappa shape index (κ2) is 7.36. The van der Waals surface area contributed by atoms with Gasteiger partial charge in [-0.15, -0.1) is 0 Å². The maximum Gasteiger partial charge on any atom is 0.200 e. The van der Waals surface area contributed by atoms with Gasteiger partial charge in [-0.1, -0.05) is 46.3 Å². The molecule has 0 spiro atoms. The van der Waals surface area contributed by atoms with Gasteiger partial charge in [-0.05, 0) is 17.7 Å². The van der Waals surface area contributed by atoms with Gasteiger partial charge >= 0.3 is 0 Å². The fraction of sp³-hybridized carbons (Fsp3) is 0.200. The van der Waals surface area contributed by atoms with Crippen molar-refractivity contribution in [3.63, 3.8) is 0 Å². The zero-order chi connectivity index (χ0) is 14.4. The van der Waals surface area contributed by atoms with E-state index in [2.05, 4.69) is 15.9 Å². The van der Waals surface area contributed by atoms with Crippen molar-refractivity contribution in [2.75, 3.05) is 13.2 Å². The molecular formula is C15H13BrF2O2. The van der Waals surface area contributed by atoms with Gasteiger partial charge in [0.25, 0.3) is 0 Å². The second-order valence-electron chi connectivity index (χ2n) is 4.09. The van der Waals surface area contributed by atoms with Crippen LogP contribution in [0.1, 0.15) is 5.56 Å². The molecule has 0 radical (unpaired) electrons. The van der Waals surface area contributed by atoms with Crippen molar-refractivity contribution >= 4 is 15.9 Å². The Balaban J connectivity index is 1.76. The first-order valence-electron chi connectivity index (χ1n) is 6.06. The molecular weight excluding hydrogens is 330 g/mol. The lowest BCUT2D eigenvalue weighted by atomic mass is 10.2. The van der Waals surface area contributed by atoms with E-state index < -0.39 is 11.6 Å². The summed E-state index contributed by atoms with van der Waals surface area (Å²) >= 11 is 3.08. The SMILES string of the molecule is Fc1cc(Br)cc(OCCOCc2ccccc2)c1F. The van der Waals surface area contributed by atoms with Gasteiger partial charge < -0.3 is 9.47 Å². The maximum absolute atomic E-state index is 13.4. The Morgan fingerprint density at radius 3 is 2.50 bits per heavy atom. The standard InChI is InChI=1S/C15H13BrF2O2/c16-12-8-13(17)15(18)14(9-12)20-7-6-19-10-11-4-2-1-3-5-11/h1-5,8-9H,6-7,10H2. The fourth-order valence-electron chi connectivity index (χ4n) is 1.61. The molecule has 0 aliphatic rings. The third-order valence-corrected chi connectivity index (χ3v) is 3.01. The van der Waals surface area contributed by atoms with Crippen molar-refractivity contribution in [1.82, 2.24) is 0 Å². The van der Waals surface area contributed by atoms with Crippen LogP contribution in [0.4, 0.5) is 8.78 Å². The average Bonchev–Trinajstić information content (AvgIpc) is 2.44. The number of hydrogen-bond acceptors (Lipinski definition) is 2. The van der Waals surface area contributed by atoms with Crippen LogP contribution in [0.3, 0.4) is 0 Å². The van der Waals surface area contributed by atoms with Crippen LogP contribution >= 0.6 is 15.9 Å². The number of hydrogen-bond donors (Lipinski definition) is 0. The molecule has 106 valence electrons. The van der Waals surface area contributed by atoms with Gasteiger partial charge in [0.15, 0.2) is 11.6 Å². The minimum absolute atomic E-state index is 0.125. The second-order valence-corrected chi connectivity index (χ2v) is 5.00. The van der Waals surface area contributed by atoms with Crippen LogP contribution in [-0.4, -0.2) is 13.2 Å². The maximum atomic E-state index is 13.4. The largest absolute Gasteiger partial charge is 0.488 e. The van der Waals surface area contributed by atoms with E-state index in [0.717, 1.165) is 11.6 Å². The van der Waals surface area contributed by atoms with Crippen molar-refractivity contribution in [1.29, 1.82) is 0 Å². The summed E-state index contributed by atoms with van der Waals surface area (Å²) in [4.78, 5) is 0. The molecule has 20 heavy (non-hydrogen) atoms. The Morgan fingerprint density at radius 2 is 1.75 bits per heavy atom. The summed E-state index contributed by atoms with van der Waals surface area (Å²) in [6.07, 6.45) is 0. The van der Waals surface area contributed by atoms with Gasteiger partial charge in [-0.25, -0.2) is 4.39 Å². The van der Waals surface area contributed by atoms with Crippen LogP contribution in [0.15, 0.2) is 46.9 Å². The van der Waals surface area contributed by atoms with Gasteiger partial charge in [0.2, 0.25) is 5.82 Å². The predicted octanol–water partition coefficient (Wildman–Crippen LogP) is 4.32. The minimum Gasteiger partial charge on any atom is -0.488 e. The first kappa shape index (κ1) is 14.9. The van der Waals surface area contributed by atoms with Crippen LogP contribution in [0.5, 0.6) is 5.75 Å². The first-order chi connectivity index (χ1) is 9.66. The molecule has 0 heterocycles. The highest BCUT2D eigenvalue weighted by molar-refractivity contribution is 9.10. The molecule has 2 nitrogen and oxygen atoms in total. The molecule has 5 heteroatoms. The van der Waals surface area contributed by atoms with Gasteiger partial charge in [0.05, 0.1) is 13.2 Å². The number of rotatable bonds is 6. The monoisotopic (exact) mass is 342 g/mol. The van der Waals surface area contributed by atoms with Crippen LogP contribution in [0, 0.1) is 11.6 Å². The lowest BCUT2D eigenvalue weighted by Gasteiger charge is -2.09. The Kier molecular flexibility index (Phi) is 5.49. The molecule has 0 fully saturated rings. The van der Waals surface area contributed by atoms with E-state index in [1.165, 1.54) is 6.07 Å². The minimum atomic E-state index is -0.990. The smallest absolute Gasteiger partial charge is 0.200 e. The van der Waals surface area contributed by atoms with Gasteiger partial charge in [0, 0.05) is 4.47 Å². The molecule has 0 aliphatic heterocycles. The van der Waals surface area contributed by atoms with E-state index in [1.807, 2.05) is 30.3 Å². The summed E-state index contributed by atoms with van der Waals surface area (Å²) in [5.74, 6) is -2.06. The van der Waals surface area contributed by atoms with E-state index in [0.29, 0.717) is 17.7 Å². The third kappa shape index (κ3) is 4.28. The molecule has 0 saturated heterocycles. The van der Waals surface area contributed by atoms with Crippen LogP contribution in [0.25, 0.3) is 0 Å². The zero-order valence-corrected chi connectivity index (χ0v) is 12.2. The summed E-state index contributed by atoms with van der Waals surface area (Å²) < 4.78 is 37.5. The van der Waals surface area contributed by atoms with Crippen molar-refractivity contribution < 1.29 is 18.3 Å². The Morgan fingerprint density at radius 1 is 1.00 bits per heavy atom. The first-order valence-corrected chi connectivity index (χ1v) is 6.85. The summed E-state index contributed by atoms with van der Waals surface area (Å²) in [5.41, 5.74) is 1.05. The average molecular weight is 343 g/mol. The topological polar surface area (TPSA) is 18.5 Å². The van der Waals surface area contributed by atoms with E-state index in [4.69, 9.17) is 9.47 Å². The molecule has 0 atom stereocenters. The molecule has 0 unspecified atom stereocenters. The summed E-state index contributed by atoms with van der Waals surface area (Å²) in [7, 11) is 0. The van der Waals surface area contributed by atoms with Gasteiger partial charge in [-0.3, -0.25) is 0 Å². The number of halogens is 3. The fourth-order valence-corrected chi connectivity index (χ4v) is 2.02. The van der Waals surface area contributed by atoms with E-state index in [9.17, 15) is 8.78 Å². The van der Waals surface area contributed by atoms with Crippen LogP contribution < -0.4 is 4.74 Å². The molecule has 0 bridgehead atoms. The third-order valence-electron chi connectivity index (χ3n) is 2.56. The highest BCUT2D eigenvalue weighted by atomic mass is 79.9. The van der Waals surface area contributed by atoms with Crippen molar-refractivity contribution in [3.05, 3.63) is 64.1 Å². The molecule has 2 aromatic rings. The van der Waals surface area contributed by atoms with Crippen molar-refractivity contribution in [2.24, 2.45) is 0 Å². The van der Waals surface area contributed by atoms with E-state index >= 15 is 0 Å². The summed E-state index contributed by atoms with van der Waals surface area (Å²) in [6.45, 7) is 0.904. The Hall–Kier alpha value is -1.46. The van der Waals surface area contributed by atoms with E-state index in [1.54, 1.807) is 0 Å². The zero-order valence-electron chi connectivity index (χ0n) is 10.6. The van der Waals surface area contributed by atoms with Gasteiger partial charge in [0.1, 0.15) is 6.61 Å². The molecule has 0 N–H and O–H groups in total. The van der Waals surface area contributed by atoms with Crippen molar-refractivity contribution in [3.8, 4) is 5.75 Å². The number of ether oxygens (including phenoxy) is 2. The Bertz CT molecular complexity index is 561. The molecule has 0 aromatic heterocycles. The highest BCUT2D eigenvalue weighted by Crippen LogP contribution is 2.25. The lowest BCUT2D eigenvalue weighted by molar-refractivity contribution is 0.0873. The summed E-state index contributed by atoms with van der Waals surface area (Å²) in [6, 6.07) is 12.1. The van der Waals surface area contributed by atoms with Crippen LogP contribution in [0.2, 0.25) is 0 Å². The molecule has 0 aliphatic carbocycles.